The molecule has 1 heteroatoms. The molecule has 1 nitrogen and oxygen atoms in total. The number of rotatable bonds is 5. The molecule has 0 saturated carbocycles. The van der Waals surface area contributed by atoms with Gasteiger partial charge in [-0.2, -0.15) is 0 Å². The lowest BCUT2D eigenvalue weighted by molar-refractivity contribution is 1.29. The van der Waals surface area contributed by atoms with Crippen molar-refractivity contribution in [3.63, 3.8) is 0 Å². The van der Waals surface area contributed by atoms with Crippen molar-refractivity contribution in [3.8, 4) is 44.5 Å². The summed E-state index contributed by atoms with van der Waals surface area (Å²) in [5.74, 6) is 0. The van der Waals surface area contributed by atoms with Crippen LogP contribution < -0.4 is 4.90 Å². The largest absolute Gasteiger partial charge is 0.310 e. The topological polar surface area (TPSA) is 3.24 Å². The quantitative estimate of drug-likeness (QED) is 0.199. The van der Waals surface area contributed by atoms with Gasteiger partial charge in [-0.3, -0.25) is 0 Å². The van der Waals surface area contributed by atoms with Gasteiger partial charge in [-0.1, -0.05) is 103 Å². The molecular formula is C44H29N. The molecule has 0 aromatic heterocycles. The molecule has 0 atom stereocenters. The number of benzene rings is 8. The normalized spacial score (nSPS) is 11.6. The van der Waals surface area contributed by atoms with E-state index in [9.17, 15) is 0 Å². The van der Waals surface area contributed by atoms with Gasteiger partial charge in [0, 0.05) is 17.1 Å². The number of para-hydroxylation sites is 2. The molecule has 210 valence electrons. The Morgan fingerprint density at radius 1 is 0.244 bits per heavy atom. The van der Waals surface area contributed by atoms with E-state index in [0.29, 0.717) is 0 Å². The minimum Gasteiger partial charge on any atom is -0.310 e. The SMILES string of the molecule is c1ccc(-c2cc3cc4c(cc3cc2-c2ccccc2)-c2cc3cc(N(c5ccccc5)c5ccccc5)ccc3cc2-4)cc1. The fourth-order valence-corrected chi connectivity index (χ4v) is 6.92. The summed E-state index contributed by atoms with van der Waals surface area (Å²) in [4.78, 5) is 2.33. The fraction of sp³-hybridized carbons (Fsp3) is 0. The van der Waals surface area contributed by atoms with Gasteiger partial charge in [-0.15, -0.1) is 0 Å². The van der Waals surface area contributed by atoms with Gasteiger partial charge >= 0.3 is 0 Å². The Labute approximate surface area is 263 Å². The van der Waals surface area contributed by atoms with Crippen molar-refractivity contribution in [3.05, 3.63) is 176 Å². The molecule has 0 unspecified atom stereocenters. The molecule has 0 amide bonds. The summed E-state index contributed by atoms with van der Waals surface area (Å²) >= 11 is 0. The van der Waals surface area contributed by atoms with Crippen LogP contribution in [0.3, 0.4) is 0 Å². The second-order valence-corrected chi connectivity index (χ2v) is 11.8. The molecule has 8 aromatic rings. The van der Waals surface area contributed by atoms with Crippen molar-refractivity contribution in [2.24, 2.45) is 0 Å². The van der Waals surface area contributed by atoms with Gasteiger partial charge in [0.1, 0.15) is 0 Å². The van der Waals surface area contributed by atoms with Gasteiger partial charge in [-0.25, -0.2) is 0 Å². The monoisotopic (exact) mass is 571 g/mol. The second-order valence-electron chi connectivity index (χ2n) is 11.8. The van der Waals surface area contributed by atoms with Crippen molar-refractivity contribution in [2.45, 2.75) is 0 Å². The van der Waals surface area contributed by atoms with E-state index in [1.54, 1.807) is 0 Å². The van der Waals surface area contributed by atoms with E-state index in [-0.39, 0.29) is 0 Å². The van der Waals surface area contributed by atoms with Gasteiger partial charge in [0.05, 0.1) is 0 Å². The predicted octanol–water partition coefficient (Wildman–Crippen LogP) is 12.4. The molecule has 1 aliphatic carbocycles. The molecular weight excluding hydrogens is 542 g/mol. The van der Waals surface area contributed by atoms with E-state index >= 15 is 0 Å². The molecule has 0 spiro atoms. The summed E-state index contributed by atoms with van der Waals surface area (Å²) in [6.45, 7) is 0. The van der Waals surface area contributed by atoms with Crippen LogP contribution in [-0.4, -0.2) is 0 Å². The van der Waals surface area contributed by atoms with Crippen LogP contribution in [0.1, 0.15) is 0 Å². The van der Waals surface area contributed by atoms with E-state index in [1.807, 2.05) is 0 Å². The Balaban J connectivity index is 1.17. The van der Waals surface area contributed by atoms with E-state index in [4.69, 9.17) is 0 Å². The van der Waals surface area contributed by atoms with Crippen LogP contribution >= 0.6 is 0 Å². The zero-order valence-corrected chi connectivity index (χ0v) is 24.7. The fourth-order valence-electron chi connectivity index (χ4n) is 6.92. The molecule has 9 rings (SSSR count). The maximum atomic E-state index is 2.39. The molecule has 0 N–H and O–H groups in total. The lowest BCUT2D eigenvalue weighted by Crippen LogP contribution is -2.09. The summed E-state index contributed by atoms with van der Waals surface area (Å²) in [5.41, 5.74) is 13.8. The molecule has 0 bridgehead atoms. The third-order valence-electron chi connectivity index (χ3n) is 9.11. The molecule has 45 heavy (non-hydrogen) atoms. The summed E-state index contributed by atoms with van der Waals surface area (Å²) in [7, 11) is 0. The van der Waals surface area contributed by atoms with Crippen molar-refractivity contribution in [1.82, 2.24) is 0 Å². The van der Waals surface area contributed by atoms with E-state index in [1.165, 1.54) is 66.1 Å². The third-order valence-corrected chi connectivity index (χ3v) is 9.11. The average molecular weight is 572 g/mol. The van der Waals surface area contributed by atoms with E-state index in [2.05, 4.69) is 181 Å². The van der Waals surface area contributed by atoms with Gasteiger partial charge in [0.2, 0.25) is 0 Å². The van der Waals surface area contributed by atoms with Crippen LogP contribution in [-0.2, 0) is 0 Å². The molecule has 0 heterocycles. The second kappa shape index (κ2) is 10.4. The smallest absolute Gasteiger partial charge is 0.0468 e. The van der Waals surface area contributed by atoms with Crippen molar-refractivity contribution < 1.29 is 0 Å². The zero-order valence-electron chi connectivity index (χ0n) is 24.7. The summed E-state index contributed by atoms with van der Waals surface area (Å²) in [6.07, 6.45) is 0. The maximum absolute atomic E-state index is 2.39. The Kier molecular flexibility index (Phi) is 5.89. The number of nitrogens with zero attached hydrogens (tertiary/aromatic N) is 1. The van der Waals surface area contributed by atoms with Crippen LogP contribution in [0.2, 0.25) is 0 Å². The summed E-state index contributed by atoms with van der Waals surface area (Å²) in [6, 6.07) is 63.8. The number of hydrogen-bond acceptors (Lipinski definition) is 1. The third kappa shape index (κ3) is 4.32. The number of anilines is 3. The zero-order chi connectivity index (χ0) is 29.7. The van der Waals surface area contributed by atoms with E-state index in [0.717, 1.165) is 17.1 Å². The molecule has 0 saturated heterocycles. The minimum absolute atomic E-state index is 1.15. The number of hydrogen-bond donors (Lipinski definition) is 0. The molecule has 1 aliphatic rings. The predicted molar refractivity (Wildman–Crippen MR) is 191 cm³/mol. The maximum Gasteiger partial charge on any atom is 0.0468 e. The summed E-state index contributed by atoms with van der Waals surface area (Å²) in [5, 5.41) is 5.05. The Hall–Kier alpha value is -5.92. The average Bonchev–Trinajstić information content (AvgIpc) is 3.11. The van der Waals surface area contributed by atoms with Crippen LogP contribution in [0.15, 0.2) is 176 Å². The van der Waals surface area contributed by atoms with Crippen LogP contribution in [0.4, 0.5) is 17.1 Å². The first-order chi connectivity index (χ1) is 22.3. The molecule has 0 radical (unpaired) electrons. The highest BCUT2D eigenvalue weighted by Gasteiger charge is 2.25. The van der Waals surface area contributed by atoms with Crippen molar-refractivity contribution in [1.29, 1.82) is 0 Å². The Bertz CT molecular complexity index is 2300. The lowest BCUT2D eigenvalue weighted by atomic mass is 9.77. The first-order valence-corrected chi connectivity index (χ1v) is 15.5. The number of fused-ring (bicyclic) bond motifs is 6. The van der Waals surface area contributed by atoms with Gasteiger partial charge in [-0.05, 0) is 139 Å². The van der Waals surface area contributed by atoms with Crippen molar-refractivity contribution >= 4 is 38.6 Å². The lowest BCUT2D eigenvalue weighted by Gasteiger charge is -2.28. The molecule has 8 aromatic carbocycles. The Morgan fingerprint density at radius 3 is 1.04 bits per heavy atom. The highest BCUT2D eigenvalue weighted by atomic mass is 15.1. The first-order valence-electron chi connectivity index (χ1n) is 15.5. The minimum atomic E-state index is 1.15. The van der Waals surface area contributed by atoms with Crippen LogP contribution in [0.25, 0.3) is 66.1 Å². The van der Waals surface area contributed by atoms with E-state index < -0.39 is 0 Å². The van der Waals surface area contributed by atoms with Gasteiger partial charge in [0.15, 0.2) is 0 Å². The van der Waals surface area contributed by atoms with Crippen molar-refractivity contribution in [2.75, 3.05) is 4.90 Å². The molecule has 0 aliphatic heterocycles. The first kappa shape index (κ1) is 25.6. The standard InChI is InChI=1S/C44H29N/c1-5-13-30(14-6-1)39-25-34-28-43-41-24-32-21-22-38(45(36-17-9-3-10-18-36)37-19-11-4-12-20-37)23-33(32)27-42(41)44(43)29-35(34)26-40(39)31-15-7-2-8-16-31/h1-29H. The molecule has 0 fully saturated rings. The Morgan fingerprint density at radius 2 is 0.600 bits per heavy atom. The van der Waals surface area contributed by atoms with Crippen LogP contribution in [0.5, 0.6) is 0 Å². The summed E-state index contributed by atoms with van der Waals surface area (Å²) < 4.78 is 0. The van der Waals surface area contributed by atoms with Crippen LogP contribution in [0, 0.1) is 0 Å². The van der Waals surface area contributed by atoms with Gasteiger partial charge < -0.3 is 4.90 Å². The highest BCUT2D eigenvalue weighted by molar-refractivity contribution is 6.13. The van der Waals surface area contributed by atoms with Gasteiger partial charge in [0.25, 0.3) is 0 Å². The highest BCUT2D eigenvalue weighted by Crippen LogP contribution is 2.51.